The van der Waals surface area contributed by atoms with E-state index in [-0.39, 0.29) is 5.92 Å². The highest BCUT2D eigenvalue weighted by molar-refractivity contribution is 5.70. The summed E-state index contributed by atoms with van der Waals surface area (Å²) in [7, 11) is 0. The van der Waals surface area contributed by atoms with E-state index in [4.69, 9.17) is 5.11 Å². The lowest BCUT2D eigenvalue weighted by molar-refractivity contribution is -0.144. The van der Waals surface area contributed by atoms with E-state index >= 15 is 0 Å². The van der Waals surface area contributed by atoms with Crippen LogP contribution in [-0.4, -0.2) is 24.2 Å². The summed E-state index contributed by atoms with van der Waals surface area (Å²) in [5.41, 5.74) is 0. The van der Waals surface area contributed by atoms with E-state index in [0.717, 1.165) is 19.5 Å². The fourth-order valence-electron chi connectivity index (χ4n) is 2.21. The first-order chi connectivity index (χ1) is 5.79. The summed E-state index contributed by atoms with van der Waals surface area (Å²) in [6.07, 6.45) is 3.31. The van der Waals surface area contributed by atoms with Crippen molar-refractivity contribution in [1.29, 1.82) is 0 Å². The van der Waals surface area contributed by atoms with Gasteiger partial charge in [0.05, 0.1) is 5.92 Å². The van der Waals surface area contributed by atoms with Crippen LogP contribution in [0.4, 0.5) is 0 Å². The largest absolute Gasteiger partial charge is 0.481 e. The number of nitrogens with one attached hydrogen (secondary N) is 1. The van der Waals surface area contributed by atoms with Crippen molar-refractivity contribution in [3.63, 3.8) is 0 Å². The smallest absolute Gasteiger partial charge is 0.306 e. The molecule has 2 rings (SSSR count). The summed E-state index contributed by atoms with van der Waals surface area (Å²) in [6.45, 7) is 1.79. The van der Waals surface area contributed by atoms with E-state index in [1.807, 2.05) is 0 Å². The normalized spacial score (nSPS) is 36.3. The second-order valence-corrected chi connectivity index (χ2v) is 3.94. The van der Waals surface area contributed by atoms with E-state index in [1.54, 1.807) is 0 Å². The number of carboxylic acids is 1. The number of carbonyl (C=O) groups is 1. The number of hydrogen-bond acceptors (Lipinski definition) is 2. The molecule has 2 unspecified atom stereocenters. The average Bonchev–Trinajstić information content (AvgIpc) is 2.87. The van der Waals surface area contributed by atoms with Crippen LogP contribution in [0.3, 0.4) is 0 Å². The lowest BCUT2D eigenvalue weighted by atomic mass is 9.83. The third-order valence-electron chi connectivity index (χ3n) is 3.07. The summed E-state index contributed by atoms with van der Waals surface area (Å²) < 4.78 is 0. The summed E-state index contributed by atoms with van der Waals surface area (Å²) in [4.78, 5) is 10.9. The van der Waals surface area contributed by atoms with Crippen LogP contribution >= 0.6 is 0 Å². The zero-order valence-electron chi connectivity index (χ0n) is 7.12. The van der Waals surface area contributed by atoms with Crippen LogP contribution in [-0.2, 0) is 4.79 Å². The van der Waals surface area contributed by atoms with E-state index in [1.165, 1.54) is 12.8 Å². The molecule has 68 valence electrons. The molecule has 0 aromatic heterocycles. The van der Waals surface area contributed by atoms with Gasteiger partial charge in [-0.1, -0.05) is 0 Å². The minimum absolute atomic E-state index is 0.0706. The van der Waals surface area contributed by atoms with Crippen LogP contribution in [0.1, 0.15) is 19.3 Å². The molecular formula is C9H15NO2. The Morgan fingerprint density at radius 3 is 2.67 bits per heavy atom. The fourth-order valence-corrected chi connectivity index (χ4v) is 2.21. The van der Waals surface area contributed by atoms with Gasteiger partial charge in [0, 0.05) is 0 Å². The van der Waals surface area contributed by atoms with Crippen LogP contribution < -0.4 is 5.32 Å². The Labute approximate surface area is 72.2 Å². The molecule has 1 heterocycles. The molecule has 0 bridgehead atoms. The van der Waals surface area contributed by atoms with E-state index in [2.05, 4.69) is 5.32 Å². The second-order valence-electron chi connectivity index (χ2n) is 3.94. The highest BCUT2D eigenvalue weighted by Gasteiger charge is 2.40. The van der Waals surface area contributed by atoms with Gasteiger partial charge in [-0.3, -0.25) is 4.79 Å². The molecule has 2 aliphatic rings. The van der Waals surface area contributed by atoms with Crippen molar-refractivity contribution in [3.8, 4) is 0 Å². The van der Waals surface area contributed by atoms with Crippen LogP contribution in [0, 0.1) is 17.8 Å². The maximum absolute atomic E-state index is 10.9. The molecule has 0 radical (unpaired) electrons. The van der Waals surface area contributed by atoms with Crippen molar-refractivity contribution in [2.45, 2.75) is 19.3 Å². The van der Waals surface area contributed by atoms with Gasteiger partial charge in [0.15, 0.2) is 0 Å². The average molecular weight is 169 g/mol. The lowest BCUT2D eigenvalue weighted by Crippen LogP contribution is -2.41. The number of carboxylic acid groups (broad SMARTS) is 1. The highest BCUT2D eigenvalue weighted by Crippen LogP contribution is 2.42. The van der Waals surface area contributed by atoms with Crippen LogP contribution in [0.5, 0.6) is 0 Å². The molecule has 12 heavy (non-hydrogen) atoms. The maximum atomic E-state index is 10.9. The Morgan fingerprint density at radius 2 is 2.08 bits per heavy atom. The number of rotatable bonds is 2. The Kier molecular flexibility index (Phi) is 2.05. The van der Waals surface area contributed by atoms with Crippen molar-refractivity contribution in [1.82, 2.24) is 5.32 Å². The van der Waals surface area contributed by atoms with Crippen molar-refractivity contribution in [3.05, 3.63) is 0 Å². The van der Waals surface area contributed by atoms with Crippen molar-refractivity contribution in [2.75, 3.05) is 13.1 Å². The first kappa shape index (κ1) is 8.05. The monoisotopic (exact) mass is 169 g/mol. The predicted molar refractivity (Wildman–Crippen MR) is 44.8 cm³/mol. The van der Waals surface area contributed by atoms with Gasteiger partial charge >= 0.3 is 5.97 Å². The van der Waals surface area contributed by atoms with Gasteiger partial charge in [-0.15, -0.1) is 0 Å². The molecule has 0 aromatic carbocycles. The Bertz CT molecular complexity index is 189. The molecule has 0 aromatic rings. The Morgan fingerprint density at radius 1 is 1.33 bits per heavy atom. The predicted octanol–water partition coefficient (Wildman–Crippen LogP) is 0.707. The Hall–Kier alpha value is -0.570. The standard InChI is InChI=1S/C9H15NO2/c11-9(12)7-3-4-10-5-8(7)6-1-2-6/h6-8,10H,1-5H2,(H,11,12). The zero-order chi connectivity index (χ0) is 8.55. The zero-order valence-corrected chi connectivity index (χ0v) is 7.12. The van der Waals surface area contributed by atoms with Crippen molar-refractivity contribution >= 4 is 5.97 Å². The minimum atomic E-state index is -0.589. The third-order valence-corrected chi connectivity index (χ3v) is 3.07. The van der Waals surface area contributed by atoms with Crippen molar-refractivity contribution in [2.24, 2.45) is 17.8 Å². The van der Waals surface area contributed by atoms with Crippen LogP contribution in [0.15, 0.2) is 0 Å². The maximum Gasteiger partial charge on any atom is 0.306 e. The first-order valence-corrected chi connectivity index (χ1v) is 4.72. The highest BCUT2D eigenvalue weighted by atomic mass is 16.4. The lowest BCUT2D eigenvalue weighted by Gasteiger charge is -2.29. The summed E-state index contributed by atoms with van der Waals surface area (Å²) >= 11 is 0. The van der Waals surface area contributed by atoms with E-state index < -0.39 is 5.97 Å². The molecule has 0 amide bonds. The number of hydrogen-bond donors (Lipinski definition) is 2. The number of piperidine rings is 1. The summed E-state index contributed by atoms with van der Waals surface area (Å²) in [5.74, 6) is 0.460. The Balaban J connectivity index is 2.00. The molecule has 2 atom stereocenters. The molecule has 1 saturated heterocycles. The van der Waals surface area contributed by atoms with Gasteiger partial charge in [-0.25, -0.2) is 0 Å². The van der Waals surface area contributed by atoms with E-state index in [0.29, 0.717) is 11.8 Å². The molecule has 0 spiro atoms. The van der Waals surface area contributed by atoms with Gasteiger partial charge in [-0.05, 0) is 44.2 Å². The first-order valence-electron chi connectivity index (χ1n) is 4.72. The minimum Gasteiger partial charge on any atom is -0.481 e. The molecule has 3 heteroatoms. The third kappa shape index (κ3) is 1.46. The number of aliphatic carboxylic acids is 1. The molecule has 1 aliphatic heterocycles. The van der Waals surface area contributed by atoms with E-state index in [9.17, 15) is 4.79 Å². The van der Waals surface area contributed by atoms with Crippen molar-refractivity contribution < 1.29 is 9.90 Å². The van der Waals surface area contributed by atoms with Gasteiger partial charge in [0.2, 0.25) is 0 Å². The molecule has 3 nitrogen and oxygen atoms in total. The summed E-state index contributed by atoms with van der Waals surface area (Å²) in [5, 5.41) is 12.2. The van der Waals surface area contributed by atoms with Gasteiger partial charge in [-0.2, -0.15) is 0 Å². The molecule has 2 N–H and O–H groups in total. The quantitative estimate of drug-likeness (QED) is 0.640. The van der Waals surface area contributed by atoms with Gasteiger partial charge in [0.1, 0.15) is 0 Å². The van der Waals surface area contributed by atoms with Gasteiger partial charge < -0.3 is 10.4 Å². The molecular weight excluding hydrogens is 154 g/mol. The molecule has 2 fully saturated rings. The van der Waals surface area contributed by atoms with Crippen LogP contribution in [0.25, 0.3) is 0 Å². The fraction of sp³-hybridized carbons (Fsp3) is 0.889. The molecule has 1 aliphatic carbocycles. The summed E-state index contributed by atoms with van der Waals surface area (Å²) in [6, 6.07) is 0. The van der Waals surface area contributed by atoms with Gasteiger partial charge in [0.25, 0.3) is 0 Å². The molecule has 1 saturated carbocycles. The van der Waals surface area contributed by atoms with Crippen LogP contribution in [0.2, 0.25) is 0 Å². The topological polar surface area (TPSA) is 49.3 Å². The SMILES string of the molecule is O=C(O)C1CCNCC1C1CC1. The second kappa shape index (κ2) is 3.05.